The molecule has 184 valence electrons. The number of ether oxygens (including phenoxy) is 2. The summed E-state index contributed by atoms with van der Waals surface area (Å²) in [5.41, 5.74) is -1.81. The van der Waals surface area contributed by atoms with E-state index in [0.29, 0.717) is 11.1 Å². The number of aromatic hydroxyl groups is 3. The molecule has 2 heterocycles. The lowest BCUT2D eigenvalue weighted by atomic mass is 9.74. The monoisotopic (exact) mass is 482 g/mol. The highest BCUT2D eigenvalue weighted by Gasteiger charge is 2.49. The number of hydrogen-bond acceptors (Lipinski definition) is 9. The first-order valence-corrected chi connectivity index (χ1v) is 11.1. The van der Waals surface area contributed by atoms with Gasteiger partial charge in [0.25, 0.3) is 0 Å². The maximum Gasteiger partial charge on any atom is 0.200 e. The molecule has 1 aromatic heterocycles. The summed E-state index contributed by atoms with van der Waals surface area (Å²) in [6.45, 7) is 6.42. The van der Waals surface area contributed by atoms with Gasteiger partial charge in [0, 0.05) is 29.2 Å². The van der Waals surface area contributed by atoms with Crippen LogP contribution < -0.4 is 14.9 Å². The fraction of sp³-hybridized carbons (Fsp3) is 0.346. The molecule has 0 radical (unpaired) electrons. The lowest BCUT2D eigenvalue weighted by Crippen LogP contribution is -2.34. The van der Waals surface area contributed by atoms with Crippen LogP contribution in [0.4, 0.5) is 0 Å². The van der Waals surface area contributed by atoms with Crippen molar-refractivity contribution in [3.8, 4) is 40.1 Å². The second-order valence-corrected chi connectivity index (χ2v) is 10.0. The molecule has 0 amide bonds. The molecule has 0 saturated heterocycles. The Morgan fingerprint density at radius 3 is 2.49 bits per heavy atom. The zero-order valence-electron chi connectivity index (χ0n) is 19.9. The summed E-state index contributed by atoms with van der Waals surface area (Å²) >= 11 is 0. The Labute approximate surface area is 200 Å². The van der Waals surface area contributed by atoms with Crippen LogP contribution >= 0.6 is 0 Å². The predicted octanol–water partition coefficient (Wildman–Crippen LogP) is 4.07. The molecule has 3 aromatic rings. The van der Waals surface area contributed by atoms with Gasteiger partial charge in [-0.2, -0.15) is 0 Å². The highest BCUT2D eigenvalue weighted by Crippen LogP contribution is 2.59. The maximum absolute atomic E-state index is 13.7. The minimum absolute atomic E-state index is 0.0922. The summed E-state index contributed by atoms with van der Waals surface area (Å²) in [5, 5.41) is 52.1. The van der Waals surface area contributed by atoms with Crippen LogP contribution in [0.5, 0.6) is 28.7 Å². The summed E-state index contributed by atoms with van der Waals surface area (Å²) < 4.78 is 17.8. The van der Waals surface area contributed by atoms with Crippen LogP contribution in [0.2, 0.25) is 0 Å². The van der Waals surface area contributed by atoms with Gasteiger partial charge in [-0.25, -0.2) is 0 Å². The van der Waals surface area contributed by atoms with Crippen molar-refractivity contribution in [1.82, 2.24) is 0 Å². The minimum atomic E-state index is -1.64. The maximum atomic E-state index is 13.7. The van der Waals surface area contributed by atoms with Gasteiger partial charge in [0.1, 0.15) is 45.4 Å². The number of fused-ring (bicyclic) bond motifs is 3. The largest absolute Gasteiger partial charge is 0.509 e. The fourth-order valence-corrected chi connectivity index (χ4v) is 4.94. The second-order valence-electron chi connectivity index (χ2n) is 10.0. The summed E-state index contributed by atoms with van der Waals surface area (Å²) in [4.78, 5) is 13.7. The first kappa shape index (κ1) is 22.9. The molecule has 0 spiro atoms. The van der Waals surface area contributed by atoms with Gasteiger partial charge in [0.15, 0.2) is 22.5 Å². The quantitative estimate of drug-likeness (QED) is 0.348. The smallest absolute Gasteiger partial charge is 0.200 e. The van der Waals surface area contributed by atoms with Gasteiger partial charge in [0.2, 0.25) is 0 Å². The van der Waals surface area contributed by atoms with Gasteiger partial charge in [-0.05, 0) is 40.2 Å². The molecule has 1 atom stereocenters. The van der Waals surface area contributed by atoms with E-state index in [2.05, 4.69) is 0 Å². The van der Waals surface area contributed by atoms with E-state index in [9.17, 15) is 30.3 Å². The predicted molar refractivity (Wildman–Crippen MR) is 128 cm³/mol. The third-order valence-corrected chi connectivity index (χ3v) is 6.83. The number of hydrogen-bond donors (Lipinski definition) is 5. The Hall–Kier alpha value is -3.85. The van der Waals surface area contributed by atoms with E-state index in [1.165, 1.54) is 27.0 Å². The number of benzene rings is 2. The molecule has 1 aliphatic carbocycles. The van der Waals surface area contributed by atoms with Crippen molar-refractivity contribution >= 4 is 17.0 Å². The van der Waals surface area contributed by atoms with Crippen molar-refractivity contribution < 1.29 is 39.4 Å². The Morgan fingerprint density at radius 1 is 1.17 bits per heavy atom. The highest BCUT2D eigenvalue weighted by molar-refractivity contribution is 5.96. The zero-order chi connectivity index (χ0) is 25.6. The van der Waals surface area contributed by atoms with E-state index in [-0.39, 0.29) is 57.4 Å². The van der Waals surface area contributed by atoms with Crippen LogP contribution in [-0.2, 0) is 6.42 Å². The van der Waals surface area contributed by atoms with Crippen LogP contribution in [0, 0.1) is 0 Å². The van der Waals surface area contributed by atoms with Crippen molar-refractivity contribution in [2.45, 2.75) is 51.2 Å². The number of rotatable bonds is 3. The van der Waals surface area contributed by atoms with Crippen LogP contribution in [0.1, 0.15) is 50.3 Å². The zero-order valence-corrected chi connectivity index (χ0v) is 19.9. The third kappa shape index (κ3) is 3.15. The van der Waals surface area contributed by atoms with E-state index in [0.717, 1.165) is 12.1 Å². The molecule has 1 unspecified atom stereocenters. The average molecular weight is 482 g/mol. The minimum Gasteiger partial charge on any atom is -0.509 e. The normalized spacial score (nSPS) is 18.2. The molecular weight excluding hydrogens is 456 g/mol. The van der Waals surface area contributed by atoms with Crippen LogP contribution in [0.3, 0.4) is 0 Å². The SMILES string of the molecule is COc1cc(O)c2c3c1-c1oc4c(/C=C(/O)C(C)(C)O)c(O)cc(O)c4c(=O)c1CC3C(C)(C)O2. The highest BCUT2D eigenvalue weighted by atomic mass is 16.5. The van der Waals surface area contributed by atoms with Gasteiger partial charge >= 0.3 is 0 Å². The van der Waals surface area contributed by atoms with E-state index in [4.69, 9.17) is 13.9 Å². The van der Waals surface area contributed by atoms with Gasteiger partial charge in [-0.3, -0.25) is 4.79 Å². The van der Waals surface area contributed by atoms with Gasteiger partial charge in [0.05, 0.1) is 18.2 Å². The molecule has 35 heavy (non-hydrogen) atoms. The summed E-state index contributed by atoms with van der Waals surface area (Å²) in [6, 6.07) is 2.37. The molecule has 5 rings (SSSR count). The molecule has 0 fully saturated rings. The molecule has 2 aromatic carbocycles. The number of methoxy groups -OCH3 is 1. The second kappa shape index (κ2) is 7.08. The van der Waals surface area contributed by atoms with Gasteiger partial charge in [-0.1, -0.05) is 0 Å². The Kier molecular flexibility index (Phi) is 4.64. The van der Waals surface area contributed by atoms with E-state index < -0.39 is 33.9 Å². The van der Waals surface area contributed by atoms with Crippen LogP contribution in [0.15, 0.2) is 27.1 Å². The van der Waals surface area contributed by atoms with E-state index in [1.807, 2.05) is 13.8 Å². The molecule has 9 heteroatoms. The van der Waals surface area contributed by atoms with Gasteiger partial charge in [-0.15, -0.1) is 0 Å². The molecule has 2 aliphatic rings. The Balaban J connectivity index is 1.93. The van der Waals surface area contributed by atoms with Crippen LogP contribution in [-0.4, -0.2) is 43.8 Å². The standard InChI is InChI=1S/C26H26O9/c1-25(2,32)17(30)7-10-13(27)8-14(28)19-21(31)11-6-12-18-20(23(11)34-22(10)19)16(33-5)9-15(29)24(18)35-26(12,3)4/h7-9,12,27-30,32H,6H2,1-5H3/b17-7+. The van der Waals surface area contributed by atoms with Crippen LogP contribution in [0.25, 0.3) is 28.4 Å². The van der Waals surface area contributed by atoms with Crippen molar-refractivity contribution in [2.75, 3.05) is 7.11 Å². The molecular formula is C26H26O9. The summed E-state index contributed by atoms with van der Waals surface area (Å²) in [6.07, 6.45) is 1.30. The van der Waals surface area contributed by atoms with E-state index in [1.54, 1.807) is 0 Å². The summed E-state index contributed by atoms with van der Waals surface area (Å²) in [5.74, 6) is -1.15. The first-order chi connectivity index (χ1) is 16.3. The number of aliphatic hydroxyl groups excluding tert-OH is 1. The lowest BCUT2D eigenvalue weighted by Gasteiger charge is -2.30. The lowest BCUT2D eigenvalue weighted by molar-refractivity contribution is 0.0733. The topological polar surface area (TPSA) is 150 Å². The Bertz CT molecular complexity index is 1500. The van der Waals surface area contributed by atoms with Crippen molar-refractivity contribution in [2.24, 2.45) is 0 Å². The molecule has 0 saturated carbocycles. The average Bonchev–Trinajstić information content (AvgIpc) is 3.03. The molecule has 9 nitrogen and oxygen atoms in total. The molecule has 5 N–H and O–H groups in total. The molecule has 0 bridgehead atoms. The van der Waals surface area contributed by atoms with E-state index >= 15 is 0 Å². The number of phenols is 3. The summed E-state index contributed by atoms with van der Waals surface area (Å²) in [7, 11) is 1.42. The van der Waals surface area contributed by atoms with Crippen molar-refractivity contribution in [3.63, 3.8) is 0 Å². The Morgan fingerprint density at radius 2 is 1.86 bits per heavy atom. The van der Waals surface area contributed by atoms with Crippen molar-refractivity contribution in [1.29, 1.82) is 0 Å². The number of phenolic OH excluding ortho intramolecular Hbond substituents is 3. The number of aliphatic hydroxyl groups is 2. The first-order valence-electron chi connectivity index (χ1n) is 11.1. The van der Waals surface area contributed by atoms with Crippen molar-refractivity contribution in [3.05, 3.63) is 44.8 Å². The van der Waals surface area contributed by atoms with Gasteiger partial charge < -0.3 is 39.4 Å². The third-order valence-electron chi connectivity index (χ3n) is 6.83. The molecule has 1 aliphatic heterocycles. The fourth-order valence-electron chi connectivity index (χ4n) is 4.94.